The topological polar surface area (TPSA) is 69.7 Å². The molecule has 0 fully saturated rings. The maximum absolute atomic E-state index is 13.8. The van der Waals surface area contributed by atoms with Gasteiger partial charge in [0.05, 0.1) is 37.6 Å². The first kappa shape index (κ1) is 19.6. The maximum Gasteiger partial charge on any atom is 0.252 e. The van der Waals surface area contributed by atoms with Crippen LogP contribution in [0.2, 0.25) is 0 Å². The number of amides is 1. The van der Waals surface area contributed by atoms with Gasteiger partial charge in [0.2, 0.25) is 0 Å². The molecule has 3 rings (SSSR count). The van der Waals surface area contributed by atoms with E-state index in [1.54, 1.807) is 45.6 Å². The number of benzene rings is 2. The smallest absolute Gasteiger partial charge is 0.252 e. The summed E-state index contributed by atoms with van der Waals surface area (Å²) >= 11 is 0. The molecule has 2 aromatic carbocycles. The van der Waals surface area contributed by atoms with Crippen LogP contribution in [0.4, 0.5) is 4.39 Å². The Hall–Kier alpha value is -3.19. The Labute approximate surface area is 162 Å². The number of pyridine rings is 1. The maximum atomic E-state index is 13.8. The fourth-order valence-corrected chi connectivity index (χ4v) is 2.90. The third kappa shape index (κ3) is 4.04. The Balaban J connectivity index is 2.14. The highest BCUT2D eigenvalue weighted by Gasteiger charge is 2.17. The first-order chi connectivity index (χ1) is 13.6. The number of rotatable bonds is 7. The van der Waals surface area contributed by atoms with Crippen LogP contribution in [-0.2, 0) is 4.74 Å². The summed E-state index contributed by atoms with van der Waals surface area (Å²) in [5, 5.41) is 3.21. The third-order valence-corrected chi connectivity index (χ3v) is 4.29. The van der Waals surface area contributed by atoms with E-state index in [2.05, 4.69) is 10.3 Å². The molecule has 1 amide bonds. The number of carbonyl (C=O) groups excluding carboxylic acids is 1. The van der Waals surface area contributed by atoms with Crippen molar-refractivity contribution in [3.8, 4) is 22.8 Å². The number of methoxy groups -OCH3 is 3. The van der Waals surface area contributed by atoms with Crippen molar-refractivity contribution in [2.24, 2.45) is 0 Å². The van der Waals surface area contributed by atoms with E-state index in [1.807, 2.05) is 6.07 Å². The molecule has 0 saturated heterocycles. The second-order valence-corrected chi connectivity index (χ2v) is 6.03. The number of nitrogens with zero attached hydrogens (tertiary/aromatic N) is 1. The fraction of sp³-hybridized carbons (Fsp3) is 0.238. The largest absolute Gasteiger partial charge is 0.497 e. The van der Waals surface area contributed by atoms with E-state index >= 15 is 0 Å². The van der Waals surface area contributed by atoms with Gasteiger partial charge in [-0.2, -0.15) is 0 Å². The van der Waals surface area contributed by atoms with E-state index in [1.165, 1.54) is 12.1 Å². The minimum Gasteiger partial charge on any atom is -0.497 e. The van der Waals surface area contributed by atoms with Gasteiger partial charge >= 0.3 is 0 Å². The average molecular weight is 384 g/mol. The second kappa shape index (κ2) is 8.67. The summed E-state index contributed by atoms with van der Waals surface area (Å²) < 4.78 is 29.4. The van der Waals surface area contributed by atoms with E-state index in [4.69, 9.17) is 14.2 Å². The lowest BCUT2D eigenvalue weighted by molar-refractivity contribution is 0.0938. The number of aromatic nitrogens is 1. The summed E-state index contributed by atoms with van der Waals surface area (Å²) in [6.07, 6.45) is 0. The van der Waals surface area contributed by atoms with E-state index in [0.29, 0.717) is 52.4 Å². The van der Waals surface area contributed by atoms with Crippen molar-refractivity contribution < 1.29 is 23.4 Å². The van der Waals surface area contributed by atoms with Crippen molar-refractivity contribution in [3.63, 3.8) is 0 Å². The zero-order valence-electron chi connectivity index (χ0n) is 15.9. The molecular formula is C21H21FN2O4. The predicted molar refractivity (Wildman–Crippen MR) is 104 cm³/mol. The van der Waals surface area contributed by atoms with Gasteiger partial charge in [0, 0.05) is 30.7 Å². The molecule has 146 valence electrons. The van der Waals surface area contributed by atoms with Crippen molar-refractivity contribution in [1.82, 2.24) is 10.3 Å². The van der Waals surface area contributed by atoms with Gasteiger partial charge in [-0.1, -0.05) is 0 Å². The summed E-state index contributed by atoms with van der Waals surface area (Å²) in [6.45, 7) is 0.720. The highest BCUT2D eigenvalue weighted by atomic mass is 19.1. The molecule has 3 aromatic rings. The minimum atomic E-state index is -0.435. The van der Waals surface area contributed by atoms with E-state index in [9.17, 15) is 9.18 Å². The van der Waals surface area contributed by atoms with Gasteiger partial charge in [-0.3, -0.25) is 4.79 Å². The van der Waals surface area contributed by atoms with Gasteiger partial charge in [-0.25, -0.2) is 9.37 Å². The van der Waals surface area contributed by atoms with Crippen LogP contribution in [0, 0.1) is 5.82 Å². The molecule has 0 saturated carbocycles. The van der Waals surface area contributed by atoms with Gasteiger partial charge in [-0.05, 0) is 36.4 Å². The molecule has 0 aliphatic carbocycles. The van der Waals surface area contributed by atoms with Crippen LogP contribution in [0.5, 0.6) is 11.5 Å². The molecule has 0 aliphatic rings. The summed E-state index contributed by atoms with van der Waals surface area (Å²) in [4.78, 5) is 17.3. The molecular weight excluding hydrogens is 363 g/mol. The second-order valence-electron chi connectivity index (χ2n) is 6.03. The van der Waals surface area contributed by atoms with Crippen LogP contribution in [0.1, 0.15) is 10.4 Å². The lowest BCUT2D eigenvalue weighted by Gasteiger charge is -2.13. The Kier molecular flexibility index (Phi) is 6.06. The molecule has 0 bridgehead atoms. The van der Waals surface area contributed by atoms with Gasteiger partial charge < -0.3 is 19.5 Å². The number of ether oxygens (including phenoxy) is 3. The summed E-state index contributed by atoms with van der Waals surface area (Å²) in [6, 6.07) is 11.1. The monoisotopic (exact) mass is 384 g/mol. The molecule has 0 atom stereocenters. The summed E-state index contributed by atoms with van der Waals surface area (Å²) in [7, 11) is 4.67. The Morgan fingerprint density at radius 2 is 1.89 bits per heavy atom. The number of hydrogen-bond acceptors (Lipinski definition) is 5. The van der Waals surface area contributed by atoms with E-state index in [0.717, 1.165) is 0 Å². The molecule has 7 heteroatoms. The molecule has 1 heterocycles. The van der Waals surface area contributed by atoms with Crippen LogP contribution < -0.4 is 14.8 Å². The van der Waals surface area contributed by atoms with Crippen molar-refractivity contribution in [3.05, 3.63) is 53.8 Å². The molecule has 0 spiro atoms. The Bertz CT molecular complexity index is 1010. The quantitative estimate of drug-likeness (QED) is 0.632. The average Bonchev–Trinajstić information content (AvgIpc) is 2.72. The highest BCUT2D eigenvalue weighted by molar-refractivity contribution is 6.07. The molecule has 0 unspecified atom stereocenters. The standard InChI is InChI=1S/C21H21FN2O4/c1-26-9-8-23-21(25)17-12-19(24-18-7-4-13(22)10-16(17)18)15-6-5-14(27-2)11-20(15)28-3/h4-7,10-12H,8-9H2,1-3H3,(H,23,25). The van der Waals surface area contributed by atoms with Crippen molar-refractivity contribution in [1.29, 1.82) is 0 Å². The molecule has 6 nitrogen and oxygen atoms in total. The number of nitrogens with one attached hydrogen (secondary N) is 1. The van der Waals surface area contributed by atoms with E-state index in [-0.39, 0.29) is 5.91 Å². The highest BCUT2D eigenvalue weighted by Crippen LogP contribution is 2.34. The molecule has 28 heavy (non-hydrogen) atoms. The summed E-state index contributed by atoms with van der Waals surface area (Å²) in [5.41, 5.74) is 2.07. The van der Waals surface area contributed by atoms with E-state index < -0.39 is 5.82 Å². The number of halogens is 1. The van der Waals surface area contributed by atoms with Crippen LogP contribution >= 0.6 is 0 Å². The van der Waals surface area contributed by atoms with Crippen LogP contribution in [0.3, 0.4) is 0 Å². The number of fused-ring (bicyclic) bond motifs is 1. The first-order valence-electron chi connectivity index (χ1n) is 8.67. The molecule has 1 N–H and O–H groups in total. The van der Waals surface area contributed by atoms with Crippen molar-refractivity contribution in [2.45, 2.75) is 0 Å². The molecule has 0 radical (unpaired) electrons. The zero-order chi connectivity index (χ0) is 20.1. The lowest BCUT2D eigenvalue weighted by Crippen LogP contribution is -2.27. The molecule has 1 aromatic heterocycles. The number of hydrogen-bond donors (Lipinski definition) is 1. The lowest BCUT2D eigenvalue weighted by atomic mass is 10.0. The number of carbonyl (C=O) groups is 1. The van der Waals surface area contributed by atoms with Crippen LogP contribution in [-0.4, -0.2) is 45.4 Å². The zero-order valence-corrected chi connectivity index (χ0v) is 15.9. The minimum absolute atomic E-state index is 0.327. The Morgan fingerprint density at radius 3 is 2.61 bits per heavy atom. The van der Waals surface area contributed by atoms with Gasteiger partial charge in [0.25, 0.3) is 5.91 Å². The van der Waals surface area contributed by atoms with Crippen molar-refractivity contribution in [2.75, 3.05) is 34.5 Å². The van der Waals surface area contributed by atoms with Crippen LogP contribution in [0.25, 0.3) is 22.2 Å². The van der Waals surface area contributed by atoms with Gasteiger partial charge in [0.1, 0.15) is 17.3 Å². The Morgan fingerprint density at radius 1 is 1.07 bits per heavy atom. The van der Waals surface area contributed by atoms with Gasteiger partial charge in [0.15, 0.2) is 0 Å². The fourth-order valence-electron chi connectivity index (χ4n) is 2.90. The third-order valence-electron chi connectivity index (χ3n) is 4.29. The van der Waals surface area contributed by atoms with Crippen molar-refractivity contribution >= 4 is 16.8 Å². The van der Waals surface area contributed by atoms with Gasteiger partial charge in [-0.15, -0.1) is 0 Å². The predicted octanol–water partition coefficient (Wildman–Crippen LogP) is 3.43. The van der Waals surface area contributed by atoms with Crippen LogP contribution in [0.15, 0.2) is 42.5 Å². The first-order valence-corrected chi connectivity index (χ1v) is 8.67. The SMILES string of the molecule is COCCNC(=O)c1cc(-c2ccc(OC)cc2OC)nc2ccc(F)cc12. The molecule has 0 aliphatic heterocycles. The normalized spacial score (nSPS) is 10.7. The summed E-state index contributed by atoms with van der Waals surface area (Å²) in [5.74, 6) is 0.429.